The highest BCUT2D eigenvalue weighted by atomic mass is 35.5. The largest absolute Gasteiger partial charge is 0.359 e. The number of hydrogen-bond donors (Lipinski definition) is 1. The van der Waals surface area contributed by atoms with Gasteiger partial charge in [-0.1, -0.05) is 23.7 Å². The molecule has 2 heterocycles. The molecular formula is C20H19ClN4O. The van der Waals surface area contributed by atoms with E-state index in [9.17, 15) is 4.79 Å². The van der Waals surface area contributed by atoms with Gasteiger partial charge in [0.05, 0.1) is 10.7 Å². The molecule has 0 unspecified atom stereocenters. The monoisotopic (exact) mass is 366 g/mol. The standard InChI is InChI=1S/C20H19ClN4O/c1-25(13-9-15-6-10-22-11-7-15)19-14-16(8-12-23-19)20(26)24-18-5-3-2-4-17(18)21/h2-8,10-12,14H,9,13H2,1H3,(H,24,26). The first-order valence-electron chi connectivity index (χ1n) is 8.25. The number of rotatable bonds is 6. The van der Waals surface area contributed by atoms with Crippen LogP contribution < -0.4 is 10.2 Å². The third-order valence-electron chi connectivity index (χ3n) is 4.01. The molecule has 1 amide bonds. The second-order valence-electron chi connectivity index (χ2n) is 5.86. The van der Waals surface area contributed by atoms with Gasteiger partial charge in [-0.25, -0.2) is 4.98 Å². The smallest absolute Gasteiger partial charge is 0.255 e. The molecule has 0 fully saturated rings. The minimum atomic E-state index is -0.218. The van der Waals surface area contributed by atoms with Crippen molar-refractivity contribution in [2.75, 3.05) is 23.8 Å². The summed E-state index contributed by atoms with van der Waals surface area (Å²) in [6, 6.07) is 14.6. The molecule has 3 rings (SSSR count). The van der Waals surface area contributed by atoms with Gasteiger partial charge < -0.3 is 10.2 Å². The molecule has 0 spiro atoms. The number of likely N-dealkylation sites (N-methyl/N-ethyl adjacent to an activating group) is 1. The molecule has 0 atom stereocenters. The van der Waals surface area contributed by atoms with Crippen LogP contribution in [0.3, 0.4) is 0 Å². The molecule has 2 aromatic heterocycles. The highest BCUT2D eigenvalue weighted by Crippen LogP contribution is 2.21. The van der Waals surface area contributed by atoms with Crippen LogP contribution in [0.15, 0.2) is 67.1 Å². The number of para-hydroxylation sites is 1. The molecule has 1 aromatic carbocycles. The highest BCUT2D eigenvalue weighted by molar-refractivity contribution is 6.33. The second-order valence-corrected chi connectivity index (χ2v) is 6.27. The van der Waals surface area contributed by atoms with Crippen LogP contribution in [0, 0.1) is 0 Å². The average molecular weight is 367 g/mol. The van der Waals surface area contributed by atoms with Crippen molar-refractivity contribution in [3.05, 3.63) is 83.3 Å². The maximum atomic E-state index is 12.5. The van der Waals surface area contributed by atoms with Gasteiger partial charge in [0, 0.05) is 37.7 Å². The Kier molecular flexibility index (Phi) is 5.81. The minimum absolute atomic E-state index is 0.218. The van der Waals surface area contributed by atoms with Gasteiger partial charge in [0.1, 0.15) is 5.82 Å². The average Bonchev–Trinajstić information content (AvgIpc) is 2.69. The van der Waals surface area contributed by atoms with Gasteiger partial charge in [-0.05, 0) is 48.4 Å². The quantitative estimate of drug-likeness (QED) is 0.714. The molecule has 26 heavy (non-hydrogen) atoms. The van der Waals surface area contributed by atoms with Gasteiger partial charge in [-0.15, -0.1) is 0 Å². The fraction of sp³-hybridized carbons (Fsp3) is 0.150. The summed E-state index contributed by atoms with van der Waals surface area (Å²) < 4.78 is 0. The van der Waals surface area contributed by atoms with Crippen molar-refractivity contribution >= 4 is 29.0 Å². The van der Waals surface area contributed by atoms with E-state index in [1.54, 1.807) is 42.9 Å². The number of nitrogens with zero attached hydrogens (tertiary/aromatic N) is 3. The molecule has 0 aliphatic rings. The second kappa shape index (κ2) is 8.45. The summed E-state index contributed by atoms with van der Waals surface area (Å²) in [5, 5.41) is 3.33. The van der Waals surface area contributed by atoms with Crippen molar-refractivity contribution in [1.82, 2.24) is 9.97 Å². The van der Waals surface area contributed by atoms with Gasteiger partial charge >= 0.3 is 0 Å². The first-order chi connectivity index (χ1) is 12.6. The van der Waals surface area contributed by atoms with Crippen LogP contribution >= 0.6 is 11.6 Å². The van der Waals surface area contributed by atoms with Gasteiger partial charge in [-0.3, -0.25) is 9.78 Å². The number of halogens is 1. The first-order valence-corrected chi connectivity index (χ1v) is 8.63. The third kappa shape index (κ3) is 4.58. The number of pyridine rings is 2. The van der Waals surface area contributed by atoms with Gasteiger partial charge in [0.2, 0.25) is 0 Å². The third-order valence-corrected chi connectivity index (χ3v) is 4.34. The maximum Gasteiger partial charge on any atom is 0.255 e. The fourth-order valence-corrected chi connectivity index (χ4v) is 2.67. The molecule has 0 saturated carbocycles. The number of anilines is 2. The topological polar surface area (TPSA) is 58.1 Å². The predicted octanol–water partition coefficient (Wildman–Crippen LogP) is 4.06. The lowest BCUT2D eigenvalue weighted by molar-refractivity contribution is 0.102. The number of hydrogen-bond acceptors (Lipinski definition) is 4. The molecule has 132 valence electrons. The molecule has 5 nitrogen and oxygen atoms in total. The zero-order valence-corrected chi connectivity index (χ0v) is 15.1. The van der Waals surface area contributed by atoms with Crippen LogP contribution in [0.5, 0.6) is 0 Å². The SMILES string of the molecule is CN(CCc1ccncc1)c1cc(C(=O)Nc2ccccc2Cl)ccn1. The predicted molar refractivity (Wildman–Crippen MR) is 105 cm³/mol. The number of carbonyl (C=O) groups excluding carboxylic acids is 1. The Labute approximate surface area is 157 Å². The molecule has 0 aliphatic heterocycles. The Morgan fingerprint density at radius 2 is 1.88 bits per heavy atom. The lowest BCUT2D eigenvalue weighted by atomic mass is 10.2. The van der Waals surface area contributed by atoms with Crippen molar-refractivity contribution in [3.8, 4) is 0 Å². The highest BCUT2D eigenvalue weighted by Gasteiger charge is 2.11. The molecule has 1 N–H and O–H groups in total. The summed E-state index contributed by atoms with van der Waals surface area (Å²) in [5.74, 6) is 0.523. The maximum absolute atomic E-state index is 12.5. The number of carbonyl (C=O) groups is 1. The van der Waals surface area contributed by atoms with Crippen molar-refractivity contribution in [3.63, 3.8) is 0 Å². The molecule has 0 bridgehead atoms. The summed E-state index contributed by atoms with van der Waals surface area (Å²) in [4.78, 5) is 22.9. The molecule has 0 radical (unpaired) electrons. The Morgan fingerprint density at radius 3 is 2.65 bits per heavy atom. The van der Waals surface area contributed by atoms with Gasteiger partial charge in [0.25, 0.3) is 5.91 Å². The van der Waals surface area contributed by atoms with Crippen molar-refractivity contribution in [2.45, 2.75) is 6.42 Å². The van der Waals surface area contributed by atoms with Crippen LogP contribution in [0.25, 0.3) is 0 Å². The van der Waals surface area contributed by atoms with E-state index in [-0.39, 0.29) is 5.91 Å². The van der Waals surface area contributed by atoms with Crippen LogP contribution in [0.4, 0.5) is 11.5 Å². The van der Waals surface area contributed by atoms with E-state index in [0.717, 1.165) is 18.8 Å². The van der Waals surface area contributed by atoms with E-state index in [0.29, 0.717) is 16.3 Å². The van der Waals surface area contributed by atoms with E-state index in [1.807, 2.05) is 36.2 Å². The summed E-state index contributed by atoms with van der Waals surface area (Å²) in [7, 11) is 1.96. The molecule has 6 heteroatoms. The molecular weight excluding hydrogens is 348 g/mol. The van der Waals surface area contributed by atoms with Crippen LogP contribution in [-0.2, 0) is 6.42 Å². The molecule has 0 saturated heterocycles. The van der Waals surface area contributed by atoms with Crippen molar-refractivity contribution in [2.24, 2.45) is 0 Å². The summed E-state index contributed by atoms with van der Waals surface area (Å²) >= 11 is 6.10. The molecule has 0 aliphatic carbocycles. The summed E-state index contributed by atoms with van der Waals surface area (Å²) in [6.07, 6.45) is 6.08. The van der Waals surface area contributed by atoms with Crippen LogP contribution in [0.2, 0.25) is 5.02 Å². The van der Waals surface area contributed by atoms with E-state index in [1.165, 1.54) is 5.56 Å². The number of nitrogens with one attached hydrogen (secondary N) is 1. The number of aromatic nitrogens is 2. The normalized spacial score (nSPS) is 10.4. The zero-order chi connectivity index (χ0) is 18.4. The van der Waals surface area contributed by atoms with Gasteiger partial charge in [0.15, 0.2) is 0 Å². The van der Waals surface area contributed by atoms with Crippen LogP contribution in [-0.4, -0.2) is 29.5 Å². The Morgan fingerprint density at radius 1 is 1.12 bits per heavy atom. The van der Waals surface area contributed by atoms with Crippen molar-refractivity contribution < 1.29 is 4.79 Å². The Bertz CT molecular complexity index is 886. The lowest BCUT2D eigenvalue weighted by Crippen LogP contribution is -2.22. The van der Waals surface area contributed by atoms with Gasteiger partial charge in [-0.2, -0.15) is 0 Å². The summed E-state index contributed by atoms with van der Waals surface area (Å²) in [6.45, 7) is 0.784. The number of benzene rings is 1. The van der Waals surface area contributed by atoms with E-state index >= 15 is 0 Å². The van der Waals surface area contributed by atoms with Crippen molar-refractivity contribution in [1.29, 1.82) is 0 Å². The minimum Gasteiger partial charge on any atom is -0.359 e. The Hall–Kier alpha value is -2.92. The zero-order valence-electron chi connectivity index (χ0n) is 14.4. The van der Waals surface area contributed by atoms with E-state index in [4.69, 9.17) is 11.6 Å². The van der Waals surface area contributed by atoms with E-state index in [2.05, 4.69) is 15.3 Å². The first kappa shape index (κ1) is 17.9. The van der Waals surface area contributed by atoms with Crippen LogP contribution in [0.1, 0.15) is 15.9 Å². The number of amides is 1. The Balaban J connectivity index is 1.67. The summed E-state index contributed by atoms with van der Waals surface area (Å²) in [5.41, 5.74) is 2.33. The van der Waals surface area contributed by atoms with E-state index < -0.39 is 0 Å². The molecule has 3 aromatic rings. The lowest BCUT2D eigenvalue weighted by Gasteiger charge is -2.18. The fourth-order valence-electron chi connectivity index (χ4n) is 2.49.